The van der Waals surface area contributed by atoms with Gasteiger partial charge >= 0.3 is 0 Å². The van der Waals surface area contributed by atoms with Crippen molar-refractivity contribution in [1.82, 2.24) is 5.43 Å². The Morgan fingerprint density at radius 3 is 2.43 bits per heavy atom. The molecule has 2 aromatic rings. The topological polar surface area (TPSA) is 64.3 Å². The number of carbonyl (C=O) groups excluding carboxylic acids is 1. The zero-order valence-corrected chi connectivity index (χ0v) is 17.2. The van der Waals surface area contributed by atoms with Crippen LogP contribution < -0.4 is 16.0 Å². The second-order valence-corrected chi connectivity index (χ2v) is 7.73. The lowest BCUT2D eigenvalue weighted by molar-refractivity contribution is 0.0953. The Balaban J connectivity index is 2.15. The summed E-state index contributed by atoms with van der Waals surface area (Å²) in [5.74, 6) is 5.70. The molecule has 0 atom stereocenters. The van der Waals surface area contributed by atoms with Gasteiger partial charge in [-0.2, -0.15) is 0 Å². The summed E-state index contributed by atoms with van der Waals surface area (Å²) in [6.07, 6.45) is 0. The van der Waals surface area contributed by atoms with Crippen LogP contribution in [0.4, 0.5) is 0 Å². The van der Waals surface area contributed by atoms with E-state index in [1.165, 1.54) is 3.57 Å². The summed E-state index contributed by atoms with van der Waals surface area (Å²) in [7, 11) is 0. The number of rotatable bonds is 4. The molecule has 4 nitrogen and oxygen atoms in total. The molecule has 21 heavy (non-hydrogen) atoms. The van der Waals surface area contributed by atoms with E-state index < -0.39 is 0 Å². The van der Waals surface area contributed by atoms with Crippen molar-refractivity contribution in [2.75, 3.05) is 0 Å². The Hall–Kier alpha value is -0.140. The molecule has 0 unspecified atom stereocenters. The van der Waals surface area contributed by atoms with Gasteiger partial charge in [-0.05, 0) is 97.6 Å². The molecular formula is C14H11I3N2O2. The first kappa shape index (κ1) is 17.2. The first-order chi connectivity index (χ1) is 10.0. The van der Waals surface area contributed by atoms with Crippen LogP contribution >= 0.6 is 67.8 Å². The van der Waals surface area contributed by atoms with Gasteiger partial charge in [-0.25, -0.2) is 5.84 Å². The van der Waals surface area contributed by atoms with Gasteiger partial charge in [0.05, 0.1) is 7.14 Å². The SMILES string of the molecule is NNC(=O)c1cccc(COc2c(I)cc(I)cc2I)c1. The number of nitrogens with two attached hydrogens (primary N) is 1. The van der Waals surface area contributed by atoms with Gasteiger partial charge in [-0.1, -0.05) is 12.1 Å². The first-order valence-corrected chi connectivity index (χ1v) is 9.12. The lowest BCUT2D eigenvalue weighted by Crippen LogP contribution is -2.30. The molecule has 3 N–H and O–H groups in total. The number of nitrogens with one attached hydrogen (secondary N) is 1. The summed E-state index contributed by atoms with van der Waals surface area (Å²) in [6, 6.07) is 11.3. The van der Waals surface area contributed by atoms with Crippen molar-refractivity contribution in [3.05, 3.63) is 58.2 Å². The monoisotopic (exact) mass is 620 g/mol. The highest BCUT2D eigenvalue weighted by Gasteiger charge is 2.09. The number of halogens is 3. The fourth-order valence-electron chi connectivity index (χ4n) is 1.71. The third-order valence-electron chi connectivity index (χ3n) is 2.67. The van der Waals surface area contributed by atoms with Crippen LogP contribution in [0, 0.1) is 10.7 Å². The molecule has 0 saturated heterocycles. The largest absolute Gasteiger partial charge is 0.487 e. The highest BCUT2D eigenvalue weighted by atomic mass is 127. The third kappa shape index (κ3) is 4.66. The van der Waals surface area contributed by atoms with E-state index in [-0.39, 0.29) is 5.91 Å². The number of hydrogen-bond acceptors (Lipinski definition) is 3. The second-order valence-electron chi connectivity index (χ2n) is 4.16. The first-order valence-electron chi connectivity index (χ1n) is 5.88. The van der Waals surface area contributed by atoms with Crippen LogP contribution in [0.2, 0.25) is 0 Å². The Bertz CT molecular complexity index is 654. The Morgan fingerprint density at radius 1 is 1.14 bits per heavy atom. The zero-order chi connectivity index (χ0) is 15.4. The minimum Gasteiger partial charge on any atom is -0.487 e. The van der Waals surface area contributed by atoms with Crippen LogP contribution in [0.1, 0.15) is 15.9 Å². The van der Waals surface area contributed by atoms with Crippen molar-refractivity contribution >= 4 is 73.7 Å². The number of carbonyl (C=O) groups is 1. The van der Waals surface area contributed by atoms with Gasteiger partial charge in [0.25, 0.3) is 5.91 Å². The molecule has 7 heteroatoms. The van der Waals surface area contributed by atoms with Crippen LogP contribution in [0.5, 0.6) is 5.75 Å². The van der Waals surface area contributed by atoms with Gasteiger partial charge in [0.2, 0.25) is 0 Å². The average molecular weight is 620 g/mol. The lowest BCUT2D eigenvalue weighted by atomic mass is 10.1. The molecule has 110 valence electrons. The van der Waals surface area contributed by atoms with Crippen molar-refractivity contribution in [3.63, 3.8) is 0 Å². The van der Waals surface area contributed by atoms with Gasteiger partial charge in [0, 0.05) is 9.13 Å². The van der Waals surface area contributed by atoms with Gasteiger partial charge in [-0.15, -0.1) is 0 Å². The van der Waals surface area contributed by atoms with Gasteiger partial charge in [0.1, 0.15) is 12.4 Å². The third-order valence-corrected chi connectivity index (χ3v) is 4.89. The molecule has 0 heterocycles. The Kier molecular flexibility index (Phi) is 6.50. The minimum atomic E-state index is -0.310. The maximum atomic E-state index is 11.5. The summed E-state index contributed by atoms with van der Waals surface area (Å²) >= 11 is 6.81. The molecule has 0 aliphatic heterocycles. The number of ether oxygens (including phenoxy) is 1. The van der Waals surface area contributed by atoms with Crippen LogP contribution in [0.3, 0.4) is 0 Å². The highest BCUT2D eigenvalue weighted by molar-refractivity contribution is 14.1. The molecule has 0 aliphatic rings. The molecule has 2 rings (SSSR count). The summed E-state index contributed by atoms with van der Waals surface area (Å²) in [5, 5.41) is 0. The molecule has 1 amide bonds. The fourth-order valence-corrected chi connectivity index (χ4v) is 5.60. The molecule has 0 aromatic heterocycles. The summed E-state index contributed by atoms with van der Waals surface area (Å²) in [5.41, 5.74) is 3.56. The number of hydrogen-bond donors (Lipinski definition) is 2. The van der Waals surface area contributed by atoms with Crippen molar-refractivity contribution in [3.8, 4) is 5.75 Å². The van der Waals surface area contributed by atoms with Crippen LogP contribution in [0.25, 0.3) is 0 Å². The summed E-state index contributed by atoms with van der Waals surface area (Å²) < 4.78 is 9.21. The Morgan fingerprint density at radius 2 is 1.81 bits per heavy atom. The van der Waals surface area contributed by atoms with Crippen molar-refractivity contribution < 1.29 is 9.53 Å². The maximum absolute atomic E-state index is 11.5. The minimum absolute atomic E-state index is 0.310. The predicted octanol–water partition coefficient (Wildman–Crippen LogP) is 3.68. The number of nitrogen functional groups attached to an aromatic ring is 1. The molecule has 0 aliphatic carbocycles. The molecule has 0 bridgehead atoms. The van der Waals surface area contributed by atoms with Crippen LogP contribution in [-0.4, -0.2) is 5.91 Å². The Labute approximate surface area is 163 Å². The normalized spacial score (nSPS) is 10.3. The maximum Gasteiger partial charge on any atom is 0.265 e. The van der Waals surface area contributed by atoms with E-state index in [0.717, 1.165) is 18.5 Å². The van der Waals surface area contributed by atoms with E-state index in [2.05, 4.69) is 85.3 Å². The van der Waals surface area contributed by atoms with Gasteiger partial charge in [0.15, 0.2) is 0 Å². The van der Waals surface area contributed by atoms with Gasteiger partial charge < -0.3 is 4.74 Å². The predicted molar refractivity (Wildman–Crippen MR) is 107 cm³/mol. The molecule has 2 aromatic carbocycles. The average Bonchev–Trinajstić information content (AvgIpc) is 2.45. The number of amides is 1. The van der Waals surface area contributed by atoms with E-state index in [9.17, 15) is 4.79 Å². The fraction of sp³-hybridized carbons (Fsp3) is 0.0714. The van der Waals surface area contributed by atoms with E-state index in [1.54, 1.807) is 12.1 Å². The highest BCUT2D eigenvalue weighted by Crippen LogP contribution is 2.30. The quantitative estimate of drug-likeness (QED) is 0.238. The molecule has 0 saturated carbocycles. The van der Waals surface area contributed by atoms with Crippen molar-refractivity contribution in [2.45, 2.75) is 6.61 Å². The standard InChI is InChI=1S/C14H11I3N2O2/c15-10-5-11(16)13(12(17)6-10)21-7-8-2-1-3-9(4-8)14(20)19-18/h1-6H,7,18H2,(H,19,20). The van der Waals surface area contributed by atoms with Crippen molar-refractivity contribution in [2.24, 2.45) is 5.84 Å². The molecule has 0 radical (unpaired) electrons. The molecule has 0 fully saturated rings. The van der Waals surface area contributed by atoms with Crippen molar-refractivity contribution in [1.29, 1.82) is 0 Å². The molecular weight excluding hydrogens is 609 g/mol. The summed E-state index contributed by atoms with van der Waals surface area (Å²) in [4.78, 5) is 11.5. The van der Waals surface area contributed by atoms with Gasteiger partial charge in [-0.3, -0.25) is 10.2 Å². The second kappa shape index (κ2) is 7.92. The lowest BCUT2D eigenvalue weighted by Gasteiger charge is -2.11. The summed E-state index contributed by atoms with van der Waals surface area (Å²) in [6.45, 7) is 0.401. The number of hydrazine groups is 1. The smallest absolute Gasteiger partial charge is 0.265 e. The zero-order valence-electron chi connectivity index (χ0n) is 10.7. The van der Waals surface area contributed by atoms with E-state index in [0.29, 0.717) is 12.2 Å². The van der Waals surface area contributed by atoms with Crippen LogP contribution in [-0.2, 0) is 6.61 Å². The van der Waals surface area contributed by atoms with E-state index >= 15 is 0 Å². The molecule has 0 spiro atoms. The van der Waals surface area contributed by atoms with E-state index in [4.69, 9.17) is 10.6 Å². The number of benzene rings is 2. The van der Waals surface area contributed by atoms with Crippen LogP contribution in [0.15, 0.2) is 36.4 Å². The van der Waals surface area contributed by atoms with E-state index in [1.807, 2.05) is 12.1 Å².